The number of alkyl halides is 3. The molecule has 172 valence electrons. The molecular formula is C24H19F3N6O. The molecule has 7 nitrogen and oxygen atoms in total. The van der Waals surface area contributed by atoms with Gasteiger partial charge in [-0.3, -0.25) is 9.78 Å². The lowest BCUT2D eigenvalue weighted by molar-refractivity contribution is -0.141. The fraction of sp³-hybridized carbons (Fsp3) is 0.292. The number of amides is 1. The number of aromatic amines is 1. The summed E-state index contributed by atoms with van der Waals surface area (Å²) in [6.07, 6.45) is -0.859. The molecule has 4 heterocycles. The third-order valence-electron chi connectivity index (χ3n) is 6.62. The van der Waals surface area contributed by atoms with Crippen molar-refractivity contribution >= 4 is 22.6 Å². The Balaban J connectivity index is 1.35. The van der Waals surface area contributed by atoms with Gasteiger partial charge in [0.1, 0.15) is 5.69 Å². The highest BCUT2D eigenvalue weighted by Gasteiger charge is 2.55. The second-order valence-corrected chi connectivity index (χ2v) is 8.79. The number of nitrogens with one attached hydrogen (secondary N) is 1. The fourth-order valence-electron chi connectivity index (χ4n) is 4.77. The van der Waals surface area contributed by atoms with Crippen LogP contribution in [0.4, 0.5) is 18.9 Å². The smallest absolute Gasteiger partial charge is 0.345 e. The van der Waals surface area contributed by atoms with E-state index >= 15 is 0 Å². The van der Waals surface area contributed by atoms with Crippen molar-refractivity contribution < 1.29 is 18.0 Å². The van der Waals surface area contributed by atoms with E-state index in [1.165, 1.54) is 6.07 Å². The van der Waals surface area contributed by atoms with E-state index in [4.69, 9.17) is 0 Å². The number of H-pyrrole nitrogens is 1. The summed E-state index contributed by atoms with van der Waals surface area (Å²) in [7, 11) is 0. The van der Waals surface area contributed by atoms with Crippen LogP contribution >= 0.6 is 0 Å². The van der Waals surface area contributed by atoms with Gasteiger partial charge in [-0.25, -0.2) is 4.98 Å². The van der Waals surface area contributed by atoms with E-state index in [1.807, 2.05) is 36.1 Å². The van der Waals surface area contributed by atoms with Crippen LogP contribution in [0.25, 0.3) is 22.4 Å². The van der Waals surface area contributed by atoms with Crippen molar-refractivity contribution in [3.63, 3.8) is 0 Å². The zero-order chi connectivity index (χ0) is 23.6. The molecule has 1 aliphatic carbocycles. The summed E-state index contributed by atoms with van der Waals surface area (Å²) in [4.78, 5) is 26.9. The number of β-lactam (4-membered cyclic amide) rings is 1. The number of carbonyl (C=O) groups excluding carboxylic acids is 1. The van der Waals surface area contributed by atoms with E-state index in [9.17, 15) is 18.0 Å². The van der Waals surface area contributed by atoms with Crippen molar-refractivity contribution in [2.24, 2.45) is 11.8 Å². The number of aryl methyl sites for hydroxylation is 1. The molecule has 1 amide bonds. The minimum Gasteiger partial charge on any atom is -0.345 e. The molecule has 1 saturated heterocycles. The number of nitrogens with zero attached hydrogens (tertiary/aromatic N) is 5. The first-order valence-corrected chi connectivity index (χ1v) is 11.0. The largest absolute Gasteiger partial charge is 0.435 e. The molecule has 2 fully saturated rings. The quantitative estimate of drug-likeness (QED) is 0.436. The van der Waals surface area contributed by atoms with Gasteiger partial charge in [0.25, 0.3) is 0 Å². The molecule has 1 aliphatic heterocycles. The van der Waals surface area contributed by atoms with Gasteiger partial charge >= 0.3 is 6.18 Å². The number of hydrogen-bond donors (Lipinski definition) is 1. The van der Waals surface area contributed by atoms with Gasteiger partial charge in [-0.2, -0.15) is 13.2 Å². The minimum atomic E-state index is -4.55. The van der Waals surface area contributed by atoms with Crippen LogP contribution in [0.1, 0.15) is 35.8 Å². The van der Waals surface area contributed by atoms with Gasteiger partial charge in [-0.05, 0) is 67.6 Å². The number of pyridine rings is 1. The number of fused-ring (bicyclic) bond motifs is 1. The predicted molar refractivity (Wildman–Crippen MR) is 118 cm³/mol. The van der Waals surface area contributed by atoms with Gasteiger partial charge in [0.05, 0.1) is 35.0 Å². The highest BCUT2D eigenvalue weighted by molar-refractivity contribution is 6.04. The number of hydrogen-bond acceptors (Lipinski definition) is 5. The molecule has 0 unspecified atom stereocenters. The van der Waals surface area contributed by atoms with E-state index in [0.717, 1.165) is 41.2 Å². The maximum absolute atomic E-state index is 13.2. The maximum atomic E-state index is 13.2. The molecule has 10 heteroatoms. The van der Waals surface area contributed by atoms with Crippen LogP contribution in [0.5, 0.6) is 0 Å². The Bertz CT molecular complexity index is 1410. The molecule has 1 saturated carbocycles. The van der Waals surface area contributed by atoms with Crippen LogP contribution in [0, 0.1) is 18.8 Å². The highest BCUT2D eigenvalue weighted by atomic mass is 19.4. The van der Waals surface area contributed by atoms with E-state index in [2.05, 4.69) is 25.1 Å². The summed E-state index contributed by atoms with van der Waals surface area (Å²) in [5.74, 6) is 0.364. The average Bonchev–Trinajstić information content (AvgIpc) is 3.52. The van der Waals surface area contributed by atoms with E-state index < -0.39 is 11.9 Å². The zero-order valence-corrected chi connectivity index (χ0v) is 18.0. The van der Waals surface area contributed by atoms with Gasteiger partial charge in [0.2, 0.25) is 5.91 Å². The molecular weight excluding hydrogens is 445 g/mol. The number of carbonyl (C=O) groups is 1. The molecule has 4 aromatic rings. The SMILES string of the molecule is Cc1nc(-c2ccc(C(F)(F)F)nn2)ccc1[C@@H]1[C@H](C2CC2)C(=O)N1c1ccc2nc[nH]c2c1. The second-order valence-electron chi connectivity index (χ2n) is 8.79. The van der Waals surface area contributed by atoms with Crippen molar-refractivity contribution in [3.05, 3.63) is 65.7 Å². The molecule has 34 heavy (non-hydrogen) atoms. The van der Waals surface area contributed by atoms with Crippen LogP contribution in [0.15, 0.2) is 48.8 Å². The Kier molecular flexibility index (Phi) is 4.48. The summed E-state index contributed by atoms with van der Waals surface area (Å²) in [6, 6.07) is 11.3. The summed E-state index contributed by atoms with van der Waals surface area (Å²) < 4.78 is 38.4. The van der Waals surface area contributed by atoms with Crippen molar-refractivity contribution in [2.45, 2.75) is 32.0 Å². The number of halogens is 3. The molecule has 3 aromatic heterocycles. The number of anilines is 1. The number of rotatable bonds is 4. The average molecular weight is 464 g/mol. The normalized spacial score (nSPS) is 20.6. The van der Waals surface area contributed by atoms with Crippen molar-refractivity contribution in [2.75, 3.05) is 4.90 Å². The molecule has 2 atom stereocenters. The fourth-order valence-corrected chi connectivity index (χ4v) is 4.77. The van der Waals surface area contributed by atoms with Crippen molar-refractivity contribution in [1.82, 2.24) is 25.1 Å². The topological polar surface area (TPSA) is 87.7 Å². The van der Waals surface area contributed by atoms with Gasteiger partial charge < -0.3 is 9.88 Å². The van der Waals surface area contributed by atoms with Crippen LogP contribution in [0.3, 0.4) is 0 Å². The molecule has 0 radical (unpaired) electrons. The van der Waals surface area contributed by atoms with Gasteiger partial charge in [0.15, 0.2) is 5.69 Å². The number of benzene rings is 1. The summed E-state index contributed by atoms with van der Waals surface area (Å²) in [5, 5.41) is 7.00. The maximum Gasteiger partial charge on any atom is 0.435 e. The number of aromatic nitrogens is 5. The van der Waals surface area contributed by atoms with Gasteiger partial charge in [0, 0.05) is 11.4 Å². The molecule has 1 aromatic carbocycles. The first-order chi connectivity index (χ1) is 16.3. The molecule has 1 N–H and O–H groups in total. The third-order valence-corrected chi connectivity index (χ3v) is 6.62. The number of imidazole rings is 1. The predicted octanol–water partition coefficient (Wildman–Crippen LogP) is 4.86. The summed E-state index contributed by atoms with van der Waals surface area (Å²) >= 11 is 0. The lowest BCUT2D eigenvalue weighted by atomic mass is 9.78. The molecule has 6 rings (SSSR count). The zero-order valence-electron chi connectivity index (χ0n) is 18.0. The monoisotopic (exact) mass is 464 g/mol. The van der Waals surface area contributed by atoms with Crippen molar-refractivity contribution in [1.29, 1.82) is 0 Å². The Labute approximate surface area is 192 Å². The molecule has 0 bridgehead atoms. The Morgan fingerprint density at radius 1 is 1.03 bits per heavy atom. The Morgan fingerprint density at radius 2 is 1.82 bits per heavy atom. The lowest BCUT2D eigenvalue weighted by Crippen LogP contribution is -2.56. The molecule has 0 spiro atoms. The third kappa shape index (κ3) is 3.32. The molecule has 2 aliphatic rings. The lowest BCUT2D eigenvalue weighted by Gasteiger charge is -2.48. The first-order valence-electron chi connectivity index (χ1n) is 11.0. The van der Waals surface area contributed by atoms with E-state index in [-0.39, 0.29) is 23.6 Å². The Morgan fingerprint density at radius 3 is 2.50 bits per heavy atom. The van der Waals surface area contributed by atoms with Crippen molar-refractivity contribution in [3.8, 4) is 11.4 Å². The summed E-state index contributed by atoms with van der Waals surface area (Å²) in [6.45, 7) is 1.85. The second kappa shape index (κ2) is 7.34. The standard InChI is InChI=1S/C24H19F3N6O/c1-12-15(5-7-17(30-12)18-8-9-20(32-31-18)24(25,26)27)22-21(13-2-3-13)23(34)33(22)14-4-6-16-19(10-14)29-11-28-16/h4-11,13,21-22H,2-3H2,1H3,(H,28,29)/t21-,22+/m0/s1. The van der Waals surface area contributed by atoms with E-state index in [1.54, 1.807) is 12.4 Å². The first kappa shape index (κ1) is 20.8. The van der Waals surface area contributed by atoms with E-state index in [0.29, 0.717) is 17.3 Å². The Hall–Kier alpha value is -3.82. The van der Waals surface area contributed by atoms with Gasteiger partial charge in [-0.1, -0.05) is 6.07 Å². The van der Waals surface area contributed by atoms with Crippen LogP contribution < -0.4 is 4.90 Å². The van der Waals surface area contributed by atoms with Crippen LogP contribution in [0.2, 0.25) is 0 Å². The van der Waals surface area contributed by atoms with Crippen LogP contribution in [-0.2, 0) is 11.0 Å². The minimum absolute atomic E-state index is 0.100. The summed E-state index contributed by atoms with van der Waals surface area (Å²) in [5.41, 5.74) is 3.74. The van der Waals surface area contributed by atoms with Gasteiger partial charge in [-0.15, -0.1) is 10.2 Å². The highest BCUT2D eigenvalue weighted by Crippen LogP contribution is 2.54. The van der Waals surface area contributed by atoms with Crippen LogP contribution in [-0.4, -0.2) is 31.1 Å².